The molecule has 3 N–H and O–H groups in total. The minimum Gasteiger partial charge on any atom is -0.490 e. The van der Waals surface area contributed by atoms with Gasteiger partial charge in [0.1, 0.15) is 25.0 Å². The topological polar surface area (TPSA) is 46.1 Å². The summed E-state index contributed by atoms with van der Waals surface area (Å²) in [6.07, 6.45) is -0.415. The van der Waals surface area contributed by atoms with E-state index in [9.17, 15) is 5.11 Å². The Labute approximate surface area is 97.4 Å². The molecule has 1 aromatic carbocycles. The van der Waals surface area contributed by atoms with E-state index >= 15 is 0 Å². The van der Waals surface area contributed by atoms with Crippen LogP contribution in [0.5, 0.6) is 5.75 Å². The molecule has 0 heterocycles. The van der Waals surface area contributed by atoms with Gasteiger partial charge in [-0.25, -0.2) is 0 Å². The molecule has 1 aromatic rings. The fraction of sp³-hybridized carbons (Fsp3) is 0.538. The Kier molecular flexibility index (Phi) is 5.29. The highest BCUT2D eigenvalue weighted by Crippen LogP contribution is 2.15. The third-order valence-corrected chi connectivity index (χ3v) is 2.40. The van der Waals surface area contributed by atoms with E-state index in [1.165, 1.54) is 0 Å². The molecular weight excluding hydrogens is 202 g/mol. The Bertz CT molecular complexity index is 313. The third kappa shape index (κ3) is 4.64. The lowest BCUT2D eigenvalue weighted by atomic mass is 10.2. The SMILES string of the molecule is Cc1ccccc1OCC(O)C[NH2+]C(C)C. The van der Waals surface area contributed by atoms with E-state index in [2.05, 4.69) is 19.2 Å². The van der Waals surface area contributed by atoms with Crippen LogP contribution >= 0.6 is 0 Å². The normalized spacial score (nSPS) is 12.8. The van der Waals surface area contributed by atoms with E-state index in [0.29, 0.717) is 19.2 Å². The van der Waals surface area contributed by atoms with Crippen LogP contribution in [0.25, 0.3) is 0 Å². The number of nitrogens with two attached hydrogens (primary N) is 1. The molecule has 0 saturated carbocycles. The van der Waals surface area contributed by atoms with Gasteiger partial charge in [-0.3, -0.25) is 0 Å². The van der Waals surface area contributed by atoms with Gasteiger partial charge in [0.05, 0.1) is 6.04 Å². The van der Waals surface area contributed by atoms with Crippen LogP contribution in [-0.4, -0.2) is 30.4 Å². The molecule has 0 aliphatic heterocycles. The zero-order valence-electron chi connectivity index (χ0n) is 10.3. The lowest BCUT2D eigenvalue weighted by Gasteiger charge is -2.13. The molecule has 0 aliphatic carbocycles. The molecule has 0 amide bonds. The van der Waals surface area contributed by atoms with Gasteiger partial charge < -0.3 is 15.2 Å². The van der Waals surface area contributed by atoms with Crippen molar-refractivity contribution in [3.8, 4) is 5.75 Å². The van der Waals surface area contributed by atoms with Crippen molar-refractivity contribution in [2.24, 2.45) is 0 Å². The Morgan fingerprint density at radius 1 is 1.31 bits per heavy atom. The van der Waals surface area contributed by atoms with Crippen molar-refractivity contribution in [2.45, 2.75) is 32.9 Å². The van der Waals surface area contributed by atoms with E-state index < -0.39 is 6.10 Å². The third-order valence-electron chi connectivity index (χ3n) is 2.40. The first kappa shape index (κ1) is 13.0. The first-order chi connectivity index (χ1) is 7.59. The van der Waals surface area contributed by atoms with E-state index in [1.807, 2.05) is 31.2 Å². The summed E-state index contributed by atoms with van der Waals surface area (Å²) in [5, 5.41) is 11.8. The number of para-hydroxylation sites is 1. The average molecular weight is 224 g/mol. The van der Waals surface area contributed by atoms with Crippen molar-refractivity contribution in [1.82, 2.24) is 0 Å². The maximum Gasteiger partial charge on any atom is 0.137 e. The Balaban J connectivity index is 2.31. The summed E-state index contributed by atoms with van der Waals surface area (Å²) in [6.45, 7) is 7.25. The number of hydrogen-bond acceptors (Lipinski definition) is 2. The van der Waals surface area contributed by atoms with Crippen molar-refractivity contribution >= 4 is 0 Å². The molecule has 1 atom stereocenters. The maximum absolute atomic E-state index is 9.69. The molecule has 3 heteroatoms. The molecule has 1 unspecified atom stereocenters. The smallest absolute Gasteiger partial charge is 0.137 e. The Morgan fingerprint density at radius 3 is 2.62 bits per heavy atom. The highest BCUT2D eigenvalue weighted by molar-refractivity contribution is 5.31. The van der Waals surface area contributed by atoms with Crippen molar-refractivity contribution in [1.29, 1.82) is 0 Å². The summed E-state index contributed by atoms with van der Waals surface area (Å²) in [6, 6.07) is 8.35. The van der Waals surface area contributed by atoms with Crippen molar-refractivity contribution < 1.29 is 15.2 Å². The minimum absolute atomic E-state index is 0.355. The van der Waals surface area contributed by atoms with Gasteiger partial charge in [0.15, 0.2) is 0 Å². The van der Waals surface area contributed by atoms with Gasteiger partial charge in [-0.2, -0.15) is 0 Å². The Morgan fingerprint density at radius 2 is 2.00 bits per heavy atom. The van der Waals surface area contributed by atoms with Crippen LogP contribution in [0.4, 0.5) is 0 Å². The van der Waals surface area contributed by atoms with Crippen LogP contribution in [0.2, 0.25) is 0 Å². The predicted molar refractivity (Wildman–Crippen MR) is 64.6 cm³/mol. The van der Waals surface area contributed by atoms with Crippen LogP contribution in [0.3, 0.4) is 0 Å². The van der Waals surface area contributed by atoms with Crippen LogP contribution in [-0.2, 0) is 0 Å². The molecule has 90 valence electrons. The van der Waals surface area contributed by atoms with E-state index in [0.717, 1.165) is 11.3 Å². The number of hydrogen-bond donors (Lipinski definition) is 2. The highest BCUT2D eigenvalue weighted by Gasteiger charge is 2.09. The summed E-state index contributed by atoms with van der Waals surface area (Å²) < 4.78 is 5.56. The number of aliphatic hydroxyl groups excluding tert-OH is 1. The van der Waals surface area contributed by atoms with Crippen LogP contribution in [0.1, 0.15) is 19.4 Å². The van der Waals surface area contributed by atoms with E-state index in [1.54, 1.807) is 0 Å². The second-order valence-corrected chi connectivity index (χ2v) is 4.45. The summed E-state index contributed by atoms with van der Waals surface area (Å²) in [5.74, 6) is 0.853. The molecule has 0 aliphatic rings. The molecule has 0 aromatic heterocycles. The number of ether oxygens (including phenoxy) is 1. The van der Waals surface area contributed by atoms with Gasteiger partial charge >= 0.3 is 0 Å². The molecular formula is C13H22NO2+. The van der Waals surface area contributed by atoms with Gasteiger partial charge in [-0.15, -0.1) is 0 Å². The monoisotopic (exact) mass is 224 g/mol. The minimum atomic E-state index is -0.415. The second-order valence-electron chi connectivity index (χ2n) is 4.45. The van der Waals surface area contributed by atoms with Crippen molar-refractivity contribution in [2.75, 3.05) is 13.2 Å². The van der Waals surface area contributed by atoms with Gasteiger partial charge in [0, 0.05) is 0 Å². The molecule has 0 fully saturated rings. The summed E-state index contributed by atoms with van der Waals surface area (Å²) >= 11 is 0. The number of aryl methyl sites for hydroxylation is 1. The quantitative estimate of drug-likeness (QED) is 0.747. The second kappa shape index (κ2) is 6.51. The first-order valence-corrected chi connectivity index (χ1v) is 5.79. The number of rotatable bonds is 6. The lowest BCUT2D eigenvalue weighted by Crippen LogP contribution is -2.90. The fourth-order valence-electron chi connectivity index (χ4n) is 1.40. The van der Waals surface area contributed by atoms with Crippen LogP contribution < -0.4 is 10.1 Å². The lowest BCUT2D eigenvalue weighted by molar-refractivity contribution is -0.688. The zero-order valence-corrected chi connectivity index (χ0v) is 10.3. The van der Waals surface area contributed by atoms with Crippen LogP contribution in [0, 0.1) is 6.92 Å². The predicted octanol–water partition coefficient (Wildman–Crippen LogP) is 0.707. The highest BCUT2D eigenvalue weighted by atomic mass is 16.5. The molecule has 16 heavy (non-hydrogen) atoms. The first-order valence-electron chi connectivity index (χ1n) is 5.79. The van der Waals surface area contributed by atoms with Gasteiger partial charge in [0.2, 0.25) is 0 Å². The van der Waals surface area contributed by atoms with Crippen molar-refractivity contribution in [3.05, 3.63) is 29.8 Å². The largest absolute Gasteiger partial charge is 0.490 e. The standard InChI is InChI=1S/C13H21NO2/c1-10(2)14-8-12(15)9-16-13-7-5-4-6-11(13)3/h4-7,10,12,14-15H,8-9H2,1-3H3/p+1. The summed E-state index contributed by atoms with van der Waals surface area (Å²) in [7, 11) is 0. The van der Waals surface area contributed by atoms with E-state index in [4.69, 9.17) is 4.74 Å². The van der Waals surface area contributed by atoms with Gasteiger partial charge in [-0.1, -0.05) is 18.2 Å². The molecule has 0 saturated heterocycles. The van der Waals surface area contributed by atoms with Gasteiger partial charge in [-0.05, 0) is 32.4 Å². The molecule has 0 bridgehead atoms. The molecule has 1 rings (SSSR count). The Hall–Kier alpha value is -1.06. The van der Waals surface area contributed by atoms with Gasteiger partial charge in [0.25, 0.3) is 0 Å². The number of aliphatic hydroxyl groups is 1. The van der Waals surface area contributed by atoms with E-state index in [-0.39, 0.29) is 0 Å². The van der Waals surface area contributed by atoms with Crippen molar-refractivity contribution in [3.63, 3.8) is 0 Å². The zero-order chi connectivity index (χ0) is 12.0. The molecule has 3 nitrogen and oxygen atoms in total. The summed E-state index contributed by atoms with van der Waals surface area (Å²) in [4.78, 5) is 0. The maximum atomic E-state index is 9.69. The molecule has 0 radical (unpaired) electrons. The molecule has 0 spiro atoms. The summed E-state index contributed by atoms with van der Waals surface area (Å²) in [5.41, 5.74) is 1.10. The number of benzene rings is 1. The average Bonchev–Trinajstić information content (AvgIpc) is 2.25. The van der Waals surface area contributed by atoms with Crippen LogP contribution in [0.15, 0.2) is 24.3 Å². The fourth-order valence-corrected chi connectivity index (χ4v) is 1.40. The number of quaternary nitrogens is 1.